The lowest BCUT2D eigenvalue weighted by atomic mass is 9.96. The highest BCUT2D eigenvalue weighted by Gasteiger charge is 2.30. The Labute approximate surface area is 183 Å². The number of anilines is 1. The largest absolute Gasteiger partial charge is 0.341 e. The molecule has 1 aliphatic rings. The van der Waals surface area contributed by atoms with E-state index in [0.29, 0.717) is 48.3 Å². The molecule has 168 valence electrons. The maximum atomic E-state index is 14.4. The van der Waals surface area contributed by atoms with Gasteiger partial charge >= 0.3 is 0 Å². The summed E-state index contributed by atoms with van der Waals surface area (Å²) >= 11 is 0. The van der Waals surface area contributed by atoms with E-state index in [1.54, 1.807) is 17.9 Å². The van der Waals surface area contributed by atoms with Crippen LogP contribution in [-0.4, -0.2) is 54.0 Å². The number of hydrogen-bond donors (Lipinski definition) is 1. The number of hydroxylamine groups is 2. The monoisotopic (exact) mass is 443 g/mol. The van der Waals surface area contributed by atoms with Crippen LogP contribution < -0.4 is 4.90 Å². The number of piperidine rings is 1. The van der Waals surface area contributed by atoms with Gasteiger partial charge in [-0.15, -0.1) is 0 Å². The first kappa shape index (κ1) is 21.8. The smallest absolute Gasteiger partial charge is 0.249 e. The lowest BCUT2D eigenvalue weighted by Gasteiger charge is -2.32. The Balaban J connectivity index is 1.41. The van der Waals surface area contributed by atoms with Crippen molar-refractivity contribution >= 4 is 11.9 Å². The Morgan fingerprint density at radius 1 is 1.19 bits per heavy atom. The predicted octanol–water partition coefficient (Wildman–Crippen LogP) is 2.49. The van der Waals surface area contributed by atoms with E-state index in [4.69, 9.17) is 0 Å². The molecule has 4 rings (SSSR count). The molecule has 1 saturated heterocycles. The first-order valence-corrected chi connectivity index (χ1v) is 10.2. The van der Waals surface area contributed by atoms with Crippen LogP contribution in [0.4, 0.5) is 14.7 Å². The summed E-state index contributed by atoms with van der Waals surface area (Å²) in [5, 5.41) is 14.9. The van der Waals surface area contributed by atoms with E-state index >= 15 is 0 Å². The second-order valence-electron chi connectivity index (χ2n) is 7.79. The summed E-state index contributed by atoms with van der Waals surface area (Å²) in [5.41, 5.74) is 1.96. The first-order chi connectivity index (χ1) is 15.3. The van der Waals surface area contributed by atoms with E-state index in [-0.39, 0.29) is 18.2 Å². The molecule has 3 aromatic rings. The van der Waals surface area contributed by atoms with Crippen molar-refractivity contribution in [1.29, 1.82) is 0 Å². The molecule has 9 nitrogen and oxygen atoms in total. The summed E-state index contributed by atoms with van der Waals surface area (Å²) in [4.78, 5) is 26.9. The molecule has 3 aromatic heterocycles. The van der Waals surface area contributed by atoms with Crippen LogP contribution in [0, 0.1) is 24.5 Å². The van der Waals surface area contributed by atoms with Gasteiger partial charge in [-0.2, -0.15) is 5.10 Å². The second-order valence-corrected chi connectivity index (χ2v) is 7.79. The van der Waals surface area contributed by atoms with Gasteiger partial charge in [0.15, 0.2) is 5.82 Å². The third-order valence-corrected chi connectivity index (χ3v) is 5.56. The number of carbonyl (C=O) groups is 1. The molecular weight excluding hydrogens is 420 g/mol. The maximum absolute atomic E-state index is 14.4. The quantitative estimate of drug-likeness (QED) is 0.478. The fourth-order valence-corrected chi connectivity index (χ4v) is 3.83. The summed E-state index contributed by atoms with van der Waals surface area (Å²) in [6.07, 6.45) is 4.79. The van der Waals surface area contributed by atoms with Crippen molar-refractivity contribution in [3.05, 3.63) is 53.6 Å². The van der Waals surface area contributed by atoms with Gasteiger partial charge in [0.2, 0.25) is 11.9 Å². The van der Waals surface area contributed by atoms with Gasteiger partial charge < -0.3 is 4.90 Å². The van der Waals surface area contributed by atoms with E-state index < -0.39 is 17.5 Å². The third-order valence-electron chi connectivity index (χ3n) is 5.56. The lowest BCUT2D eigenvalue weighted by Crippen LogP contribution is -2.42. The van der Waals surface area contributed by atoms with Gasteiger partial charge in [-0.1, -0.05) is 0 Å². The molecule has 0 saturated carbocycles. The van der Waals surface area contributed by atoms with E-state index in [1.807, 2.05) is 11.8 Å². The summed E-state index contributed by atoms with van der Waals surface area (Å²) in [5.74, 6) is -1.43. The molecule has 0 aliphatic carbocycles. The van der Waals surface area contributed by atoms with Crippen LogP contribution in [0.15, 0.2) is 30.7 Å². The van der Waals surface area contributed by atoms with E-state index in [2.05, 4.69) is 20.1 Å². The predicted molar refractivity (Wildman–Crippen MR) is 110 cm³/mol. The van der Waals surface area contributed by atoms with Crippen molar-refractivity contribution in [2.24, 2.45) is 13.0 Å². The van der Waals surface area contributed by atoms with Crippen molar-refractivity contribution < 1.29 is 18.8 Å². The molecule has 0 bridgehead atoms. The highest BCUT2D eigenvalue weighted by Crippen LogP contribution is 2.27. The van der Waals surface area contributed by atoms with Crippen molar-refractivity contribution in [3.8, 4) is 11.4 Å². The number of aromatic nitrogens is 5. The van der Waals surface area contributed by atoms with Crippen molar-refractivity contribution in [2.45, 2.75) is 26.3 Å². The molecule has 1 aliphatic heterocycles. The summed E-state index contributed by atoms with van der Waals surface area (Å²) < 4.78 is 29.0. The third kappa shape index (κ3) is 4.42. The van der Waals surface area contributed by atoms with Gasteiger partial charge in [0.1, 0.15) is 11.5 Å². The number of hydrogen-bond acceptors (Lipinski definition) is 7. The van der Waals surface area contributed by atoms with Crippen LogP contribution in [0.2, 0.25) is 0 Å². The second kappa shape index (κ2) is 8.95. The molecule has 11 heteroatoms. The zero-order valence-corrected chi connectivity index (χ0v) is 17.7. The van der Waals surface area contributed by atoms with Gasteiger partial charge in [-0.25, -0.2) is 23.8 Å². The molecule has 0 radical (unpaired) electrons. The number of pyridine rings is 1. The Morgan fingerprint density at radius 2 is 1.94 bits per heavy atom. The van der Waals surface area contributed by atoms with E-state index in [0.717, 1.165) is 18.0 Å². The zero-order valence-electron chi connectivity index (χ0n) is 17.7. The van der Waals surface area contributed by atoms with Crippen LogP contribution in [0.3, 0.4) is 0 Å². The molecule has 0 atom stereocenters. The summed E-state index contributed by atoms with van der Waals surface area (Å²) in [7, 11) is 1.72. The average molecular weight is 443 g/mol. The van der Waals surface area contributed by atoms with Crippen molar-refractivity contribution in [3.63, 3.8) is 0 Å². The summed E-state index contributed by atoms with van der Waals surface area (Å²) in [6.45, 7) is 2.68. The SMILES string of the molecule is Cc1cnn(C)c1-c1nc(N2CCC(C(=O)N(O)Cc3ccc(F)cn3)CC2)ncc1F. The Morgan fingerprint density at radius 3 is 2.56 bits per heavy atom. The Hall–Kier alpha value is -3.47. The molecule has 0 aromatic carbocycles. The standard InChI is InChI=1S/C21H23F2N7O2/c1-13-9-26-28(2)19(13)18-17(23)11-25-21(27-18)29-7-5-14(6-8-29)20(31)30(32)12-16-4-3-15(22)10-24-16/h3-4,9-11,14,32H,5-8,12H2,1-2H3. The topological polar surface area (TPSA) is 100 Å². The molecule has 4 heterocycles. The molecule has 0 spiro atoms. The highest BCUT2D eigenvalue weighted by molar-refractivity contribution is 5.78. The Kier molecular flexibility index (Phi) is 6.08. The molecular formula is C21H23F2N7O2. The Bertz CT molecular complexity index is 1090. The lowest BCUT2D eigenvalue weighted by molar-refractivity contribution is -0.173. The molecule has 1 amide bonds. The minimum Gasteiger partial charge on any atom is -0.341 e. The van der Waals surface area contributed by atoms with Crippen LogP contribution in [0.25, 0.3) is 11.4 Å². The first-order valence-electron chi connectivity index (χ1n) is 10.2. The summed E-state index contributed by atoms with van der Waals surface area (Å²) in [6, 6.07) is 2.64. The molecule has 1 N–H and O–H groups in total. The highest BCUT2D eigenvalue weighted by atomic mass is 19.1. The number of rotatable bonds is 5. The van der Waals surface area contributed by atoms with Crippen LogP contribution in [-0.2, 0) is 18.4 Å². The van der Waals surface area contributed by atoms with E-state index in [1.165, 1.54) is 12.1 Å². The van der Waals surface area contributed by atoms with Crippen molar-refractivity contribution in [2.75, 3.05) is 18.0 Å². The van der Waals surface area contributed by atoms with Gasteiger partial charge in [0.25, 0.3) is 0 Å². The fraction of sp³-hybridized carbons (Fsp3) is 0.381. The van der Waals surface area contributed by atoms with Crippen molar-refractivity contribution in [1.82, 2.24) is 29.8 Å². The number of carbonyl (C=O) groups excluding carboxylic acids is 1. The minimum atomic E-state index is -0.532. The molecule has 32 heavy (non-hydrogen) atoms. The van der Waals surface area contributed by atoms with E-state index in [9.17, 15) is 18.8 Å². The molecule has 0 unspecified atom stereocenters. The van der Waals surface area contributed by atoms with Crippen LogP contribution in [0.5, 0.6) is 0 Å². The average Bonchev–Trinajstić information content (AvgIpc) is 3.13. The van der Waals surface area contributed by atoms with Crippen LogP contribution >= 0.6 is 0 Å². The normalized spacial score (nSPS) is 14.6. The number of nitrogens with zero attached hydrogens (tertiary/aromatic N) is 7. The zero-order chi connectivity index (χ0) is 22.8. The maximum Gasteiger partial charge on any atom is 0.249 e. The van der Waals surface area contributed by atoms with Gasteiger partial charge in [-0.3, -0.25) is 19.7 Å². The molecule has 1 fully saturated rings. The van der Waals surface area contributed by atoms with Gasteiger partial charge in [0, 0.05) is 26.1 Å². The number of halogens is 2. The van der Waals surface area contributed by atoms with Gasteiger partial charge in [0.05, 0.1) is 36.5 Å². The number of aryl methyl sites for hydroxylation is 2. The fourth-order valence-electron chi connectivity index (χ4n) is 3.83. The van der Waals surface area contributed by atoms with Gasteiger partial charge in [-0.05, 0) is 37.5 Å². The van der Waals surface area contributed by atoms with Crippen LogP contribution in [0.1, 0.15) is 24.1 Å². The number of amides is 1. The minimum absolute atomic E-state index is 0.117.